The van der Waals surface area contributed by atoms with Crippen molar-refractivity contribution in [1.82, 2.24) is 14.8 Å². The number of hydrogen-bond acceptors (Lipinski definition) is 4. The van der Waals surface area contributed by atoms with Gasteiger partial charge in [0.2, 0.25) is 5.91 Å². The average molecular weight is 391 g/mol. The molecule has 0 aliphatic heterocycles. The summed E-state index contributed by atoms with van der Waals surface area (Å²) in [5.74, 6) is 0.107. The Labute approximate surface area is 159 Å². The number of anilines is 1. The Bertz CT molecular complexity index is 929. The van der Waals surface area contributed by atoms with Crippen molar-refractivity contribution in [3.63, 3.8) is 0 Å². The van der Waals surface area contributed by atoms with Crippen LogP contribution in [0.5, 0.6) is 0 Å². The zero-order valence-corrected chi connectivity index (χ0v) is 15.7. The number of nitrogens with one attached hydrogen (secondary N) is 1. The molecule has 0 unspecified atom stereocenters. The highest BCUT2D eigenvalue weighted by atomic mass is 35.5. The summed E-state index contributed by atoms with van der Waals surface area (Å²) in [6, 6.07) is 13.1. The number of para-hydroxylation sites is 1. The molecule has 0 bridgehead atoms. The summed E-state index contributed by atoms with van der Waals surface area (Å²) in [7, 11) is 1.81. The number of halogens is 2. The second-order valence-corrected chi connectivity index (χ2v) is 7.32. The molecule has 0 radical (unpaired) electrons. The van der Waals surface area contributed by atoms with Gasteiger partial charge in [0.25, 0.3) is 0 Å². The molecule has 1 atom stereocenters. The summed E-state index contributed by atoms with van der Waals surface area (Å²) in [5, 5.41) is 11.7. The highest BCUT2D eigenvalue weighted by molar-refractivity contribution is 8.00. The molecular formula is C18H16ClFN4OS. The third kappa shape index (κ3) is 4.05. The molecule has 0 fully saturated rings. The second-order valence-electron chi connectivity index (χ2n) is 5.60. The lowest BCUT2D eigenvalue weighted by Crippen LogP contribution is -2.23. The van der Waals surface area contributed by atoms with Crippen LogP contribution in [0.4, 0.5) is 10.1 Å². The van der Waals surface area contributed by atoms with Crippen LogP contribution in [-0.2, 0) is 11.8 Å². The maximum absolute atomic E-state index is 13.1. The fourth-order valence-corrected chi connectivity index (χ4v) is 3.27. The number of carbonyl (C=O) groups is 1. The first-order chi connectivity index (χ1) is 12.5. The Morgan fingerprint density at radius 1 is 1.19 bits per heavy atom. The lowest BCUT2D eigenvalue weighted by atomic mass is 10.2. The molecule has 3 rings (SSSR count). The van der Waals surface area contributed by atoms with E-state index in [1.165, 1.54) is 23.9 Å². The molecule has 0 aliphatic carbocycles. The summed E-state index contributed by atoms with van der Waals surface area (Å²) in [5.41, 5.74) is 1.32. The van der Waals surface area contributed by atoms with Crippen molar-refractivity contribution in [2.75, 3.05) is 5.32 Å². The highest BCUT2D eigenvalue weighted by Gasteiger charge is 2.20. The van der Waals surface area contributed by atoms with Crippen LogP contribution in [-0.4, -0.2) is 25.9 Å². The Morgan fingerprint density at radius 2 is 1.88 bits per heavy atom. The van der Waals surface area contributed by atoms with E-state index in [-0.39, 0.29) is 11.7 Å². The van der Waals surface area contributed by atoms with Crippen molar-refractivity contribution < 1.29 is 9.18 Å². The van der Waals surface area contributed by atoms with Gasteiger partial charge in [-0.1, -0.05) is 35.5 Å². The Balaban J connectivity index is 1.71. The zero-order valence-electron chi connectivity index (χ0n) is 14.1. The van der Waals surface area contributed by atoms with Gasteiger partial charge in [0, 0.05) is 12.6 Å². The molecule has 2 aromatic carbocycles. The fourth-order valence-electron chi connectivity index (χ4n) is 2.28. The van der Waals surface area contributed by atoms with Gasteiger partial charge in [0.1, 0.15) is 5.82 Å². The molecule has 0 saturated heterocycles. The van der Waals surface area contributed by atoms with Crippen molar-refractivity contribution in [1.29, 1.82) is 0 Å². The second kappa shape index (κ2) is 7.88. The zero-order chi connectivity index (χ0) is 18.7. The largest absolute Gasteiger partial charge is 0.324 e. The van der Waals surface area contributed by atoms with Crippen molar-refractivity contribution in [3.05, 3.63) is 59.4 Å². The number of hydrogen-bond donors (Lipinski definition) is 1. The van der Waals surface area contributed by atoms with E-state index in [1.807, 2.05) is 0 Å². The smallest absolute Gasteiger partial charge is 0.237 e. The molecule has 0 aliphatic rings. The van der Waals surface area contributed by atoms with E-state index < -0.39 is 5.25 Å². The van der Waals surface area contributed by atoms with Crippen LogP contribution in [0.15, 0.2) is 53.7 Å². The first-order valence-electron chi connectivity index (χ1n) is 7.83. The molecule has 5 nitrogen and oxygen atoms in total. The van der Waals surface area contributed by atoms with E-state index in [0.29, 0.717) is 21.7 Å². The maximum atomic E-state index is 13.1. The minimum Gasteiger partial charge on any atom is -0.324 e. The summed E-state index contributed by atoms with van der Waals surface area (Å²) in [4.78, 5) is 12.4. The maximum Gasteiger partial charge on any atom is 0.237 e. The van der Waals surface area contributed by atoms with Crippen LogP contribution in [0.2, 0.25) is 5.02 Å². The number of nitrogens with zero attached hydrogens (tertiary/aromatic N) is 3. The Morgan fingerprint density at radius 3 is 2.58 bits per heavy atom. The number of rotatable bonds is 5. The third-order valence-electron chi connectivity index (χ3n) is 3.72. The summed E-state index contributed by atoms with van der Waals surface area (Å²) in [6.45, 7) is 1.78. The summed E-state index contributed by atoms with van der Waals surface area (Å²) < 4.78 is 14.9. The van der Waals surface area contributed by atoms with Crippen LogP contribution >= 0.6 is 23.4 Å². The Kier molecular flexibility index (Phi) is 5.58. The van der Waals surface area contributed by atoms with Gasteiger partial charge in [-0.2, -0.15) is 0 Å². The summed E-state index contributed by atoms with van der Waals surface area (Å²) >= 11 is 7.35. The third-order valence-corrected chi connectivity index (χ3v) is 5.18. The van der Waals surface area contributed by atoms with Crippen LogP contribution in [0.1, 0.15) is 6.92 Å². The van der Waals surface area contributed by atoms with Crippen molar-refractivity contribution in [2.45, 2.75) is 17.3 Å². The van der Waals surface area contributed by atoms with Gasteiger partial charge in [0.05, 0.1) is 16.0 Å². The van der Waals surface area contributed by atoms with Crippen molar-refractivity contribution in [2.24, 2.45) is 7.05 Å². The van der Waals surface area contributed by atoms with Gasteiger partial charge in [0.15, 0.2) is 11.0 Å². The predicted octanol–water partition coefficient (Wildman–Crippen LogP) is 4.39. The average Bonchev–Trinajstić information content (AvgIpc) is 2.98. The number of benzene rings is 2. The van der Waals surface area contributed by atoms with Gasteiger partial charge in [-0.25, -0.2) is 4.39 Å². The molecule has 8 heteroatoms. The molecule has 1 aromatic heterocycles. The fraction of sp³-hybridized carbons (Fsp3) is 0.167. The van der Waals surface area contributed by atoms with E-state index in [9.17, 15) is 9.18 Å². The molecular weight excluding hydrogens is 375 g/mol. The van der Waals surface area contributed by atoms with E-state index in [0.717, 1.165) is 5.56 Å². The van der Waals surface area contributed by atoms with Gasteiger partial charge in [-0.3, -0.25) is 4.79 Å². The van der Waals surface area contributed by atoms with Crippen LogP contribution in [0.25, 0.3) is 11.4 Å². The lowest BCUT2D eigenvalue weighted by Gasteiger charge is -2.12. The van der Waals surface area contributed by atoms with E-state index >= 15 is 0 Å². The molecule has 1 amide bonds. The van der Waals surface area contributed by atoms with Gasteiger partial charge in [-0.15, -0.1) is 10.2 Å². The predicted molar refractivity (Wildman–Crippen MR) is 102 cm³/mol. The molecule has 3 aromatic rings. The molecule has 0 saturated carbocycles. The molecule has 1 N–H and O–H groups in total. The topological polar surface area (TPSA) is 59.8 Å². The minimum atomic E-state index is -0.407. The number of carbonyl (C=O) groups excluding carboxylic acids is 1. The number of thioether (sulfide) groups is 1. The van der Waals surface area contributed by atoms with Crippen LogP contribution in [0, 0.1) is 5.82 Å². The molecule has 26 heavy (non-hydrogen) atoms. The van der Waals surface area contributed by atoms with E-state index in [4.69, 9.17) is 11.6 Å². The number of aromatic nitrogens is 3. The van der Waals surface area contributed by atoms with Gasteiger partial charge >= 0.3 is 0 Å². The number of amides is 1. The molecule has 1 heterocycles. The quantitative estimate of drug-likeness (QED) is 0.656. The van der Waals surface area contributed by atoms with Crippen molar-refractivity contribution >= 4 is 35.0 Å². The minimum absolute atomic E-state index is 0.186. The van der Waals surface area contributed by atoms with E-state index in [2.05, 4.69) is 15.5 Å². The van der Waals surface area contributed by atoms with Crippen LogP contribution in [0.3, 0.4) is 0 Å². The molecule has 134 valence electrons. The normalized spacial score (nSPS) is 12.0. The van der Waals surface area contributed by atoms with Gasteiger partial charge in [-0.05, 0) is 43.3 Å². The monoisotopic (exact) mass is 390 g/mol. The van der Waals surface area contributed by atoms with Crippen molar-refractivity contribution in [3.8, 4) is 11.4 Å². The SMILES string of the molecule is C[C@H](Sc1nnc(-c2ccc(F)cc2)n1C)C(=O)Nc1ccccc1Cl. The van der Waals surface area contributed by atoms with Crippen LogP contribution < -0.4 is 5.32 Å². The van der Waals surface area contributed by atoms with Gasteiger partial charge < -0.3 is 9.88 Å². The lowest BCUT2D eigenvalue weighted by molar-refractivity contribution is -0.115. The summed E-state index contributed by atoms with van der Waals surface area (Å²) in [6.07, 6.45) is 0. The van der Waals surface area contributed by atoms with E-state index in [1.54, 1.807) is 54.9 Å². The standard InChI is InChI=1S/C18H16ClFN4OS/c1-11(17(25)21-15-6-4-3-5-14(15)19)26-18-23-22-16(24(18)2)12-7-9-13(20)10-8-12/h3-11H,1-2H3,(H,21,25)/t11-/m0/s1. The Hall–Kier alpha value is -2.38. The molecule has 0 spiro atoms. The highest BCUT2D eigenvalue weighted by Crippen LogP contribution is 2.27. The first kappa shape index (κ1) is 18.4. The first-order valence-corrected chi connectivity index (χ1v) is 9.09.